The predicted octanol–water partition coefficient (Wildman–Crippen LogP) is 1.68. The van der Waals surface area contributed by atoms with E-state index in [0.717, 1.165) is 25.9 Å². The normalized spacial score (nSPS) is 19.9. The summed E-state index contributed by atoms with van der Waals surface area (Å²) >= 11 is 0. The van der Waals surface area contributed by atoms with E-state index in [-0.39, 0.29) is 11.8 Å². The lowest BCUT2D eigenvalue weighted by atomic mass is 9.88. The first kappa shape index (κ1) is 12.5. The molecule has 0 aromatic rings. The summed E-state index contributed by atoms with van der Waals surface area (Å²) in [7, 11) is 0. The topological polar surface area (TPSA) is 41.1 Å². The number of hydrogen-bond donors (Lipinski definition) is 2. The van der Waals surface area contributed by atoms with Gasteiger partial charge in [0.25, 0.3) is 0 Å². The Balaban J connectivity index is 2.16. The molecule has 3 heteroatoms. The van der Waals surface area contributed by atoms with Crippen LogP contribution in [0.2, 0.25) is 0 Å². The van der Waals surface area contributed by atoms with Crippen molar-refractivity contribution >= 4 is 5.91 Å². The Labute approximate surface area is 93.0 Å². The largest absolute Gasteiger partial charge is 0.354 e. The molecule has 1 amide bonds. The molecule has 1 saturated carbocycles. The predicted molar refractivity (Wildman–Crippen MR) is 62.7 cm³/mol. The number of rotatable bonds is 5. The molecular weight excluding hydrogens is 188 g/mol. The minimum Gasteiger partial charge on any atom is -0.354 e. The Bertz CT molecular complexity index is 188. The fourth-order valence-electron chi connectivity index (χ4n) is 2.18. The van der Waals surface area contributed by atoms with Gasteiger partial charge in [0.05, 0.1) is 0 Å². The summed E-state index contributed by atoms with van der Waals surface area (Å²) in [5, 5.41) is 6.32. The van der Waals surface area contributed by atoms with Crippen molar-refractivity contribution in [3.05, 3.63) is 0 Å². The van der Waals surface area contributed by atoms with Crippen molar-refractivity contribution in [2.24, 2.45) is 5.92 Å². The first-order chi connectivity index (χ1) is 7.24. The number of hydrogen-bond acceptors (Lipinski definition) is 2. The number of carbonyl (C=O) groups excluding carboxylic acids is 1. The molecule has 0 aromatic heterocycles. The lowest BCUT2D eigenvalue weighted by Crippen LogP contribution is -2.41. The maximum atomic E-state index is 11.8. The quantitative estimate of drug-likeness (QED) is 0.728. The van der Waals surface area contributed by atoms with Gasteiger partial charge < -0.3 is 10.6 Å². The molecule has 1 aliphatic rings. The van der Waals surface area contributed by atoms with E-state index in [2.05, 4.69) is 24.5 Å². The Morgan fingerprint density at radius 1 is 1.33 bits per heavy atom. The molecule has 0 saturated heterocycles. The molecule has 3 nitrogen and oxygen atoms in total. The molecule has 0 aliphatic heterocycles. The molecule has 15 heavy (non-hydrogen) atoms. The highest BCUT2D eigenvalue weighted by Gasteiger charge is 2.20. The van der Waals surface area contributed by atoms with Crippen LogP contribution in [0.15, 0.2) is 0 Å². The number of amides is 1. The van der Waals surface area contributed by atoms with Crippen LogP contribution in [0.3, 0.4) is 0 Å². The first-order valence-electron chi connectivity index (χ1n) is 6.25. The van der Waals surface area contributed by atoms with E-state index in [4.69, 9.17) is 0 Å². The van der Waals surface area contributed by atoms with Crippen molar-refractivity contribution in [3.8, 4) is 0 Å². The second kappa shape index (κ2) is 6.83. The van der Waals surface area contributed by atoms with E-state index in [9.17, 15) is 4.79 Å². The van der Waals surface area contributed by atoms with Crippen molar-refractivity contribution < 1.29 is 4.79 Å². The molecule has 0 aromatic carbocycles. The van der Waals surface area contributed by atoms with Gasteiger partial charge in [0.1, 0.15) is 0 Å². The molecule has 1 aliphatic carbocycles. The Morgan fingerprint density at radius 3 is 2.60 bits per heavy atom. The van der Waals surface area contributed by atoms with E-state index in [1.165, 1.54) is 19.3 Å². The fraction of sp³-hybridized carbons (Fsp3) is 0.917. The molecule has 0 radical (unpaired) electrons. The van der Waals surface area contributed by atoms with Gasteiger partial charge in [-0.3, -0.25) is 4.79 Å². The third kappa shape index (κ3) is 4.65. The minimum absolute atomic E-state index is 0.263. The molecule has 0 unspecified atom stereocenters. The summed E-state index contributed by atoms with van der Waals surface area (Å²) < 4.78 is 0. The summed E-state index contributed by atoms with van der Waals surface area (Å²) in [4.78, 5) is 11.8. The summed E-state index contributed by atoms with van der Waals surface area (Å²) in [6, 6.07) is 0.377. The molecule has 1 rings (SSSR count). The van der Waals surface area contributed by atoms with Crippen molar-refractivity contribution in [3.63, 3.8) is 0 Å². The molecule has 88 valence electrons. The average Bonchev–Trinajstić information content (AvgIpc) is 2.27. The molecule has 0 heterocycles. The Hall–Kier alpha value is -0.570. The zero-order valence-corrected chi connectivity index (χ0v) is 10.0. The molecule has 0 bridgehead atoms. The van der Waals surface area contributed by atoms with Crippen LogP contribution in [0.25, 0.3) is 0 Å². The smallest absolute Gasteiger partial charge is 0.223 e. The maximum Gasteiger partial charge on any atom is 0.223 e. The number of carbonyl (C=O) groups is 1. The van der Waals surface area contributed by atoms with E-state index in [1.807, 2.05) is 0 Å². The standard InChI is InChI=1S/C12H24N2O/c1-3-13-10(2)9-14-12(15)11-7-5-4-6-8-11/h10-11,13H,3-9H2,1-2H3,(H,14,15)/t10-/m1/s1. The van der Waals surface area contributed by atoms with Gasteiger partial charge in [0.15, 0.2) is 0 Å². The van der Waals surface area contributed by atoms with Crippen LogP contribution in [0, 0.1) is 5.92 Å². The van der Waals surface area contributed by atoms with Gasteiger partial charge in [-0.2, -0.15) is 0 Å². The van der Waals surface area contributed by atoms with E-state index >= 15 is 0 Å². The zero-order valence-electron chi connectivity index (χ0n) is 10.0. The second-order valence-corrected chi connectivity index (χ2v) is 4.54. The Kier molecular flexibility index (Phi) is 5.69. The lowest BCUT2D eigenvalue weighted by molar-refractivity contribution is -0.126. The van der Waals surface area contributed by atoms with Crippen LogP contribution in [0.4, 0.5) is 0 Å². The fourth-order valence-corrected chi connectivity index (χ4v) is 2.18. The maximum absolute atomic E-state index is 11.8. The zero-order chi connectivity index (χ0) is 11.1. The Morgan fingerprint density at radius 2 is 2.00 bits per heavy atom. The highest BCUT2D eigenvalue weighted by Crippen LogP contribution is 2.23. The van der Waals surface area contributed by atoms with Gasteiger partial charge in [-0.25, -0.2) is 0 Å². The van der Waals surface area contributed by atoms with Crippen LogP contribution in [-0.2, 0) is 4.79 Å². The van der Waals surface area contributed by atoms with Crippen LogP contribution in [-0.4, -0.2) is 25.0 Å². The lowest BCUT2D eigenvalue weighted by Gasteiger charge is -2.22. The van der Waals surface area contributed by atoms with E-state index in [0.29, 0.717) is 6.04 Å². The van der Waals surface area contributed by atoms with E-state index in [1.54, 1.807) is 0 Å². The van der Waals surface area contributed by atoms with Crippen LogP contribution >= 0.6 is 0 Å². The van der Waals surface area contributed by atoms with Gasteiger partial charge >= 0.3 is 0 Å². The SMILES string of the molecule is CCN[C@H](C)CNC(=O)C1CCCCC1. The third-order valence-electron chi connectivity index (χ3n) is 3.11. The van der Waals surface area contributed by atoms with Gasteiger partial charge in [-0.1, -0.05) is 26.2 Å². The summed E-state index contributed by atoms with van der Waals surface area (Å²) in [5.74, 6) is 0.548. The van der Waals surface area contributed by atoms with Crippen molar-refractivity contribution in [1.29, 1.82) is 0 Å². The number of nitrogens with one attached hydrogen (secondary N) is 2. The average molecular weight is 212 g/mol. The summed E-state index contributed by atoms with van der Waals surface area (Å²) in [5.41, 5.74) is 0. The van der Waals surface area contributed by atoms with Gasteiger partial charge in [0, 0.05) is 18.5 Å². The molecule has 1 fully saturated rings. The van der Waals surface area contributed by atoms with Gasteiger partial charge in [-0.05, 0) is 26.3 Å². The second-order valence-electron chi connectivity index (χ2n) is 4.54. The van der Waals surface area contributed by atoms with Crippen LogP contribution < -0.4 is 10.6 Å². The first-order valence-corrected chi connectivity index (χ1v) is 6.25. The highest BCUT2D eigenvalue weighted by molar-refractivity contribution is 5.78. The van der Waals surface area contributed by atoms with Crippen molar-refractivity contribution in [1.82, 2.24) is 10.6 Å². The third-order valence-corrected chi connectivity index (χ3v) is 3.11. The van der Waals surface area contributed by atoms with Crippen LogP contribution in [0.5, 0.6) is 0 Å². The summed E-state index contributed by atoms with van der Waals surface area (Å²) in [6.07, 6.45) is 5.92. The van der Waals surface area contributed by atoms with Gasteiger partial charge in [0.2, 0.25) is 5.91 Å². The minimum atomic E-state index is 0.263. The molecule has 2 N–H and O–H groups in total. The van der Waals surface area contributed by atoms with Crippen molar-refractivity contribution in [2.75, 3.05) is 13.1 Å². The monoisotopic (exact) mass is 212 g/mol. The molecule has 1 atom stereocenters. The molecular formula is C12H24N2O. The van der Waals surface area contributed by atoms with Crippen LogP contribution in [0.1, 0.15) is 46.0 Å². The summed E-state index contributed by atoms with van der Waals surface area (Å²) in [6.45, 7) is 5.90. The number of likely N-dealkylation sites (N-methyl/N-ethyl adjacent to an activating group) is 1. The van der Waals surface area contributed by atoms with Gasteiger partial charge in [-0.15, -0.1) is 0 Å². The highest BCUT2D eigenvalue weighted by atomic mass is 16.1. The van der Waals surface area contributed by atoms with Crippen molar-refractivity contribution in [2.45, 2.75) is 52.0 Å². The molecule has 0 spiro atoms. The van der Waals surface area contributed by atoms with E-state index < -0.39 is 0 Å².